The predicted octanol–water partition coefficient (Wildman–Crippen LogP) is 4.23. The quantitative estimate of drug-likeness (QED) is 0.501. The van der Waals surface area contributed by atoms with Gasteiger partial charge in [-0.1, -0.05) is 17.7 Å². The Morgan fingerprint density at radius 3 is 2.52 bits per heavy atom. The Balaban J connectivity index is 1.66. The zero-order valence-electron chi connectivity index (χ0n) is 21.5. The van der Waals surface area contributed by atoms with Crippen molar-refractivity contribution < 1.29 is 41.1 Å². The molecule has 0 aliphatic heterocycles. The van der Waals surface area contributed by atoms with Crippen LogP contribution in [0, 0.1) is 6.92 Å². The normalized spacial score (nSPS) is 23.9. The third-order valence-electron chi connectivity index (χ3n) is 5.36. The van der Waals surface area contributed by atoms with Gasteiger partial charge >= 0.3 is 6.18 Å². The summed E-state index contributed by atoms with van der Waals surface area (Å²) >= 11 is 0. The van der Waals surface area contributed by atoms with Crippen LogP contribution in [0.15, 0.2) is 47.6 Å². The number of hydrogen-bond donors (Lipinski definition) is 1. The number of ether oxygens (including phenoxy) is 1. The molecule has 3 aromatic rings. The van der Waals surface area contributed by atoms with E-state index in [9.17, 15) is 26.7 Å². The number of rotatable bonds is 7. The molecule has 0 radical (unpaired) electrons. The molecule has 1 aromatic heterocycles. The summed E-state index contributed by atoms with van der Waals surface area (Å²) in [6, 6.07) is 6.16. The number of halogens is 3. The average molecular weight is 489 g/mol. The molecular weight excluding hydrogens is 461 g/mol. The molecule has 0 saturated heterocycles. The topological polar surface area (TPSA) is 90.7 Å². The fourth-order valence-corrected chi connectivity index (χ4v) is 4.46. The van der Waals surface area contributed by atoms with Gasteiger partial charge in [0.15, 0.2) is 0 Å². The number of imidazole rings is 1. The van der Waals surface area contributed by atoms with Crippen LogP contribution in [0.5, 0.6) is 5.75 Å². The fourth-order valence-electron chi connectivity index (χ4n) is 3.75. The highest BCUT2D eigenvalue weighted by atomic mass is 32.2. The molecule has 4 rings (SSSR count). The fraction of sp³-hybridized carbons (Fsp3) is 0.409. The van der Waals surface area contributed by atoms with Gasteiger partial charge in [0, 0.05) is 12.1 Å². The summed E-state index contributed by atoms with van der Waals surface area (Å²) in [6.45, 7) is -3.93. The van der Waals surface area contributed by atoms with Crippen LogP contribution in [0.1, 0.15) is 42.4 Å². The van der Waals surface area contributed by atoms with E-state index in [2.05, 4.69) is 9.17 Å². The zero-order valence-corrected chi connectivity index (χ0v) is 18.4. The first kappa shape index (κ1) is 18.8. The third kappa shape index (κ3) is 4.99. The van der Waals surface area contributed by atoms with Crippen LogP contribution in [0.3, 0.4) is 0 Å². The van der Waals surface area contributed by atoms with Gasteiger partial charge in [-0.15, -0.1) is 0 Å². The van der Waals surface area contributed by atoms with Crippen LogP contribution in [0.4, 0.5) is 13.2 Å². The van der Waals surface area contributed by atoms with E-state index >= 15 is 0 Å². The first-order valence-corrected chi connectivity index (χ1v) is 11.2. The average Bonchev–Trinajstić information content (AvgIpc) is 3.13. The first-order valence-electron chi connectivity index (χ1n) is 11.8. The Kier molecular flexibility index (Phi) is 4.72. The van der Waals surface area contributed by atoms with E-state index < -0.39 is 57.3 Å². The summed E-state index contributed by atoms with van der Waals surface area (Å²) < 4.78 is 109. The summed E-state index contributed by atoms with van der Waals surface area (Å²) in [5.74, 6) is -0.740. The number of aliphatic hydroxyl groups is 1. The van der Waals surface area contributed by atoms with E-state index in [4.69, 9.17) is 10.2 Å². The van der Waals surface area contributed by atoms with Gasteiger partial charge in [-0.3, -0.25) is 4.18 Å². The molecule has 33 heavy (non-hydrogen) atoms. The van der Waals surface area contributed by atoms with Gasteiger partial charge in [-0.05, 0) is 44.9 Å². The van der Waals surface area contributed by atoms with Gasteiger partial charge in [0.05, 0.1) is 38.9 Å². The number of nitrogens with zero attached hydrogens (tertiary/aromatic N) is 2. The highest BCUT2D eigenvalue weighted by Crippen LogP contribution is 2.45. The Labute approximate surface area is 194 Å². The maximum atomic E-state index is 14.0. The van der Waals surface area contributed by atoms with Crippen molar-refractivity contribution in [2.24, 2.45) is 0 Å². The van der Waals surface area contributed by atoms with Crippen molar-refractivity contribution in [1.29, 1.82) is 0 Å². The van der Waals surface area contributed by atoms with Crippen molar-refractivity contribution in [3.05, 3.63) is 53.9 Å². The lowest BCUT2D eigenvalue weighted by molar-refractivity contribution is -0.136. The minimum atomic E-state index is -4.92. The van der Waals surface area contributed by atoms with E-state index in [-0.39, 0.29) is 23.9 Å². The lowest BCUT2D eigenvalue weighted by atomic mass is 9.77. The van der Waals surface area contributed by atoms with E-state index in [0.29, 0.717) is 11.6 Å². The minimum absolute atomic E-state index is 0.207. The van der Waals surface area contributed by atoms with Crippen LogP contribution in [-0.4, -0.2) is 41.8 Å². The molecule has 1 aliphatic rings. The van der Waals surface area contributed by atoms with Crippen molar-refractivity contribution in [3.63, 3.8) is 0 Å². The molecule has 0 bridgehead atoms. The molecule has 1 N–H and O–H groups in total. The molecule has 1 aliphatic carbocycles. The predicted molar refractivity (Wildman–Crippen MR) is 113 cm³/mol. The van der Waals surface area contributed by atoms with Crippen molar-refractivity contribution >= 4 is 21.2 Å². The number of hydrogen-bond acceptors (Lipinski definition) is 6. The summed E-state index contributed by atoms with van der Waals surface area (Å²) in [5.41, 5.74) is -2.03. The van der Waals surface area contributed by atoms with Gasteiger partial charge in [0.2, 0.25) is 0 Å². The lowest BCUT2D eigenvalue weighted by Crippen LogP contribution is -2.41. The molecule has 0 spiro atoms. The number of fused-ring (bicyclic) bond motifs is 1. The van der Waals surface area contributed by atoms with Crippen molar-refractivity contribution in [1.82, 2.24) is 9.55 Å². The molecule has 11 heteroatoms. The Morgan fingerprint density at radius 2 is 1.91 bits per heavy atom. The number of alkyl halides is 3. The van der Waals surface area contributed by atoms with Crippen molar-refractivity contribution in [2.45, 2.75) is 49.4 Å². The Hall–Kier alpha value is -2.63. The highest BCUT2D eigenvalue weighted by molar-refractivity contribution is 7.86. The van der Waals surface area contributed by atoms with E-state index in [1.54, 1.807) is 13.8 Å². The monoisotopic (exact) mass is 488 g/mol. The summed E-state index contributed by atoms with van der Waals surface area (Å²) in [5, 5.41) is 9.99. The molecule has 1 fully saturated rings. The van der Waals surface area contributed by atoms with Gasteiger partial charge < -0.3 is 14.4 Å². The summed E-state index contributed by atoms with van der Waals surface area (Å²) in [7, 11) is -4.80. The van der Waals surface area contributed by atoms with Crippen molar-refractivity contribution in [3.8, 4) is 5.75 Å². The number of aryl methyl sites for hydroxylation is 1. The lowest BCUT2D eigenvalue weighted by Gasteiger charge is -2.41. The van der Waals surface area contributed by atoms with Gasteiger partial charge in [0.1, 0.15) is 18.9 Å². The van der Waals surface area contributed by atoms with Gasteiger partial charge in [-0.2, -0.15) is 21.6 Å². The van der Waals surface area contributed by atoms with Crippen LogP contribution < -0.4 is 4.74 Å². The molecule has 7 nitrogen and oxygen atoms in total. The summed E-state index contributed by atoms with van der Waals surface area (Å²) in [4.78, 5) is 3.52. The molecule has 1 saturated carbocycles. The smallest absolute Gasteiger partial charge is 0.418 e. The number of aromatic nitrogens is 2. The highest BCUT2D eigenvalue weighted by Gasteiger charge is 2.42. The molecule has 0 atom stereocenters. The zero-order chi connectivity index (χ0) is 27.6. The largest absolute Gasteiger partial charge is 0.491 e. The Bertz CT molecular complexity index is 1430. The second-order valence-corrected chi connectivity index (χ2v) is 9.75. The second-order valence-electron chi connectivity index (χ2n) is 8.20. The molecular formula is C22H23F3N2O5S. The van der Waals surface area contributed by atoms with Crippen LogP contribution >= 0.6 is 0 Å². The number of benzene rings is 2. The standard InChI is InChI=1S/C22H23F3N2O5S/c1-14-3-5-17(6-4-14)33(29,30)32-8-7-31-16-9-18(22(23,24)25)20-19(10-16)26-13-27(20)15-11-21(2,28)12-15/h3-6,9-10,13,15,28H,7-8,11-12H2,1-2H3/i7D2,8D2. The molecule has 2 aromatic carbocycles. The van der Waals surface area contributed by atoms with Crippen molar-refractivity contribution in [2.75, 3.05) is 13.1 Å². The molecule has 0 amide bonds. The summed E-state index contributed by atoms with van der Waals surface area (Å²) in [6.07, 6.45) is -3.32. The maximum Gasteiger partial charge on any atom is 0.418 e. The van der Waals surface area contributed by atoms with E-state index in [1.807, 2.05) is 0 Å². The van der Waals surface area contributed by atoms with Gasteiger partial charge in [-0.25, -0.2) is 4.98 Å². The SMILES string of the molecule is [2H]C([2H])(Oc1cc(C(F)(F)F)c2c(c1)ncn2C1CC(C)(O)C1)C([2H])([2H])OS(=O)(=O)c1ccc(C)cc1. The van der Waals surface area contributed by atoms with E-state index in [1.165, 1.54) is 23.0 Å². The minimum Gasteiger partial charge on any atom is -0.491 e. The second kappa shape index (κ2) is 8.30. The Morgan fingerprint density at radius 1 is 1.24 bits per heavy atom. The maximum absolute atomic E-state index is 14.0. The van der Waals surface area contributed by atoms with Gasteiger partial charge in [0.25, 0.3) is 10.1 Å². The molecule has 178 valence electrons. The van der Waals surface area contributed by atoms with E-state index in [0.717, 1.165) is 18.2 Å². The third-order valence-corrected chi connectivity index (χ3v) is 6.52. The van der Waals surface area contributed by atoms with Crippen LogP contribution in [0.2, 0.25) is 0 Å². The van der Waals surface area contributed by atoms with Crippen LogP contribution in [-0.2, 0) is 20.5 Å². The van der Waals surface area contributed by atoms with Crippen LogP contribution in [0.25, 0.3) is 11.0 Å². The molecule has 1 heterocycles. The molecule has 0 unspecified atom stereocenters. The first-order chi connectivity index (χ1) is 16.8.